The first-order chi connectivity index (χ1) is 6.69. The second-order valence-electron chi connectivity index (χ2n) is 2.91. The summed E-state index contributed by atoms with van der Waals surface area (Å²) in [7, 11) is 0. The van der Waals surface area contributed by atoms with Gasteiger partial charge in [-0.3, -0.25) is 0 Å². The van der Waals surface area contributed by atoms with E-state index in [9.17, 15) is 4.79 Å². The molecule has 0 atom stereocenters. The Morgan fingerprint density at radius 3 is 2.36 bits per heavy atom. The van der Waals surface area contributed by atoms with Gasteiger partial charge >= 0.3 is 5.97 Å². The van der Waals surface area contributed by atoms with Crippen molar-refractivity contribution in [1.82, 2.24) is 0 Å². The molecule has 0 aliphatic rings. The van der Waals surface area contributed by atoms with Gasteiger partial charge in [0.1, 0.15) is 0 Å². The van der Waals surface area contributed by atoms with Crippen molar-refractivity contribution in [2.45, 2.75) is 13.5 Å². The van der Waals surface area contributed by atoms with Crippen LogP contribution in [0.3, 0.4) is 0 Å². The van der Waals surface area contributed by atoms with Crippen LogP contribution in [-0.4, -0.2) is 11.1 Å². The molecule has 1 aromatic rings. The average molecular weight is 191 g/mol. The molecule has 0 aromatic heterocycles. The Morgan fingerprint density at radius 2 is 2.00 bits per heavy atom. The van der Waals surface area contributed by atoms with Crippen LogP contribution in [0, 0.1) is 0 Å². The summed E-state index contributed by atoms with van der Waals surface area (Å²) in [5.41, 5.74) is 7.45. The van der Waals surface area contributed by atoms with Crippen LogP contribution in [-0.2, 0) is 11.3 Å². The molecular weight excluding hydrogens is 178 g/mol. The van der Waals surface area contributed by atoms with Gasteiger partial charge in [-0.1, -0.05) is 30.3 Å². The van der Waals surface area contributed by atoms with Crippen molar-refractivity contribution < 1.29 is 9.90 Å². The number of allylic oxidation sites excluding steroid dienone is 1. The van der Waals surface area contributed by atoms with E-state index in [1.165, 1.54) is 0 Å². The first kappa shape index (κ1) is 10.5. The van der Waals surface area contributed by atoms with Gasteiger partial charge in [0.05, 0.1) is 5.57 Å². The lowest BCUT2D eigenvalue weighted by Gasteiger charge is -2.02. The lowest BCUT2D eigenvalue weighted by molar-refractivity contribution is -0.130. The van der Waals surface area contributed by atoms with Gasteiger partial charge in [-0.2, -0.15) is 0 Å². The Labute approximate surface area is 82.9 Å². The Balaban J connectivity index is 3.02. The molecule has 3 N–H and O–H groups in total. The Morgan fingerprint density at radius 1 is 1.43 bits per heavy atom. The third-order valence-electron chi connectivity index (χ3n) is 2.02. The lowest BCUT2D eigenvalue weighted by Crippen LogP contribution is -2.00. The summed E-state index contributed by atoms with van der Waals surface area (Å²) in [4.78, 5) is 10.8. The molecule has 1 rings (SSSR count). The molecule has 0 fully saturated rings. The van der Waals surface area contributed by atoms with E-state index in [-0.39, 0.29) is 0 Å². The molecule has 1 aromatic carbocycles. The molecule has 0 aliphatic carbocycles. The van der Waals surface area contributed by atoms with E-state index in [2.05, 4.69) is 0 Å². The number of rotatable bonds is 3. The highest BCUT2D eigenvalue weighted by Crippen LogP contribution is 2.15. The van der Waals surface area contributed by atoms with E-state index in [4.69, 9.17) is 10.8 Å². The summed E-state index contributed by atoms with van der Waals surface area (Å²) in [6.07, 6.45) is 1.58. The van der Waals surface area contributed by atoms with E-state index in [1.807, 2.05) is 12.1 Å². The molecular formula is C11H13NO2. The molecule has 0 heterocycles. The topological polar surface area (TPSA) is 63.3 Å². The third kappa shape index (κ3) is 2.20. The smallest absolute Gasteiger partial charge is 0.335 e. The number of carboxylic acids is 1. The van der Waals surface area contributed by atoms with Crippen LogP contribution < -0.4 is 5.73 Å². The van der Waals surface area contributed by atoms with Gasteiger partial charge in [-0.05, 0) is 18.1 Å². The molecule has 0 saturated carbocycles. The van der Waals surface area contributed by atoms with Gasteiger partial charge in [0, 0.05) is 6.54 Å². The average Bonchev–Trinajstić information content (AvgIpc) is 2.19. The summed E-state index contributed by atoms with van der Waals surface area (Å²) in [6.45, 7) is 2.18. The quantitative estimate of drug-likeness (QED) is 0.714. The number of aliphatic carboxylic acids is 1. The first-order valence-electron chi connectivity index (χ1n) is 4.38. The standard InChI is InChI=1S/C11H13NO2/c1-2-10(11(13)14)9-5-3-8(7-12)4-6-9/h2-6H,7,12H2,1H3,(H,13,14). The Bertz CT molecular complexity index is 352. The largest absolute Gasteiger partial charge is 0.478 e. The monoisotopic (exact) mass is 191 g/mol. The van der Waals surface area contributed by atoms with Crippen LogP contribution in [0.5, 0.6) is 0 Å². The predicted octanol–water partition coefficient (Wildman–Crippen LogP) is 1.63. The SMILES string of the molecule is CC=C(C(=O)O)c1ccc(CN)cc1. The van der Waals surface area contributed by atoms with Gasteiger partial charge in [0.15, 0.2) is 0 Å². The van der Waals surface area contributed by atoms with Crippen LogP contribution in [0.2, 0.25) is 0 Å². The number of benzene rings is 1. The fraction of sp³-hybridized carbons (Fsp3) is 0.182. The van der Waals surface area contributed by atoms with Crippen molar-refractivity contribution in [2.24, 2.45) is 5.73 Å². The molecule has 3 nitrogen and oxygen atoms in total. The number of hydrogen-bond donors (Lipinski definition) is 2. The summed E-state index contributed by atoms with van der Waals surface area (Å²) in [5, 5.41) is 8.86. The summed E-state index contributed by atoms with van der Waals surface area (Å²) >= 11 is 0. The van der Waals surface area contributed by atoms with Gasteiger partial charge in [0.25, 0.3) is 0 Å². The van der Waals surface area contributed by atoms with E-state index in [0.717, 1.165) is 5.56 Å². The summed E-state index contributed by atoms with van der Waals surface area (Å²) in [5.74, 6) is -0.909. The van der Waals surface area contributed by atoms with E-state index >= 15 is 0 Å². The molecule has 0 amide bonds. The normalized spacial score (nSPS) is 11.4. The van der Waals surface area contributed by atoms with Crippen LogP contribution in [0.1, 0.15) is 18.1 Å². The summed E-state index contributed by atoms with van der Waals surface area (Å²) < 4.78 is 0. The number of hydrogen-bond acceptors (Lipinski definition) is 2. The van der Waals surface area contributed by atoms with Gasteiger partial charge in [-0.25, -0.2) is 4.79 Å². The maximum atomic E-state index is 10.8. The lowest BCUT2D eigenvalue weighted by atomic mass is 10.0. The van der Waals surface area contributed by atoms with Crippen LogP contribution in [0.15, 0.2) is 30.3 Å². The van der Waals surface area contributed by atoms with Gasteiger partial charge < -0.3 is 10.8 Å². The highest BCUT2D eigenvalue weighted by molar-refractivity contribution is 6.15. The van der Waals surface area contributed by atoms with E-state index < -0.39 is 5.97 Å². The first-order valence-corrected chi connectivity index (χ1v) is 4.38. The minimum atomic E-state index is -0.909. The van der Waals surface area contributed by atoms with Crippen molar-refractivity contribution in [3.63, 3.8) is 0 Å². The zero-order valence-corrected chi connectivity index (χ0v) is 8.03. The van der Waals surface area contributed by atoms with Crippen molar-refractivity contribution >= 4 is 11.5 Å². The van der Waals surface area contributed by atoms with E-state index in [0.29, 0.717) is 17.7 Å². The van der Waals surface area contributed by atoms with Crippen LogP contribution >= 0.6 is 0 Å². The highest BCUT2D eigenvalue weighted by Gasteiger charge is 2.07. The Kier molecular flexibility index (Phi) is 3.42. The van der Waals surface area contributed by atoms with Crippen LogP contribution in [0.25, 0.3) is 5.57 Å². The van der Waals surface area contributed by atoms with E-state index in [1.54, 1.807) is 25.1 Å². The van der Waals surface area contributed by atoms with Crippen LogP contribution in [0.4, 0.5) is 0 Å². The van der Waals surface area contributed by atoms with Gasteiger partial charge in [0.2, 0.25) is 0 Å². The molecule has 0 aliphatic heterocycles. The number of carboxylic acid groups (broad SMARTS) is 1. The highest BCUT2D eigenvalue weighted by atomic mass is 16.4. The molecule has 0 saturated heterocycles. The van der Waals surface area contributed by atoms with Gasteiger partial charge in [-0.15, -0.1) is 0 Å². The molecule has 0 unspecified atom stereocenters. The molecule has 0 radical (unpaired) electrons. The second-order valence-corrected chi connectivity index (χ2v) is 2.91. The molecule has 0 spiro atoms. The predicted molar refractivity (Wildman–Crippen MR) is 55.6 cm³/mol. The molecule has 74 valence electrons. The molecule has 14 heavy (non-hydrogen) atoms. The fourth-order valence-corrected chi connectivity index (χ4v) is 1.23. The third-order valence-corrected chi connectivity index (χ3v) is 2.02. The fourth-order valence-electron chi connectivity index (χ4n) is 1.23. The van der Waals surface area contributed by atoms with Crippen molar-refractivity contribution in [3.8, 4) is 0 Å². The zero-order valence-electron chi connectivity index (χ0n) is 8.03. The van der Waals surface area contributed by atoms with Crippen molar-refractivity contribution in [2.75, 3.05) is 0 Å². The second kappa shape index (κ2) is 4.58. The van der Waals surface area contributed by atoms with Crippen molar-refractivity contribution in [1.29, 1.82) is 0 Å². The maximum Gasteiger partial charge on any atom is 0.335 e. The molecule has 3 heteroatoms. The maximum absolute atomic E-state index is 10.8. The summed E-state index contributed by atoms with van der Waals surface area (Å²) in [6, 6.07) is 7.21. The minimum absolute atomic E-state index is 0.313. The van der Waals surface area contributed by atoms with Crippen molar-refractivity contribution in [3.05, 3.63) is 41.5 Å². The Hall–Kier alpha value is -1.61. The number of carbonyl (C=O) groups is 1. The zero-order chi connectivity index (χ0) is 10.6. The number of nitrogens with two attached hydrogens (primary N) is 1. The minimum Gasteiger partial charge on any atom is -0.478 e. The molecule has 0 bridgehead atoms.